The van der Waals surface area contributed by atoms with Gasteiger partial charge in [-0.1, -0.05) is 19.9 Å². The van der Waals surface area contributed by atoms with E-state index in [4.69, 9.17) is 5.84 Å². The van der Waals surface area contributed by atoms with E-state index in [1.807, 2.05) is 23.9 Å². The number of hydrazine groups is 1. The van der Waals surface area contributed by atoms with Crippen molar-refractivity contribution in [2.24, 2.45) is 5.84 Å². The minimum atomic E-state index is -0.348. The van der Waals surface area contributed by atoms with E-state index < -0.39 is 0 Å². The Morgan fingerprint density at radius 1 is 1.50 bits per heavy atom. The molecule has 1 fully saturated rings. The van der Waals surface area contributed by atoms with Crippen molar-refractivity contribution in [3.8, 4) is 0 Å². The fourth-order valence-corrected chi connectivity index (χ4v) is 3.36. The Labute approximate surface area is 124 Å². The van der Waals surface area contributed by atoms with Crippen LogP contribution in [0.25, 0.3) is 0 Å². The van der Waals surface area contributed by atoms with Crippen LogP contribution >= 0.6 is 11.8 Å². The number of carbonyl (C=O) groups excluding carboxylic acids is 1. The van der Waals surface area contributed by atoms with Crippen molar-refractivity contribution in [2.75, 3.05) is 18.8 Å². The third-order valence-corrected chi connectivity index (χ3v) is 4.86. The maximum absolute atomic E-state index is 11.5. The molecule has 2 rings (SSSR count). The van der Waals surface area contributed by atoms with Gasteiger partial charge < -0.3 is 0 Å². The molecule has 110 valence electrons. The fraction of sp³-hybridized carbons (Fsp3) is 0.571. The summed E-state index contributed by atoms with van der Waals surface area (Å²) in [5, 5.41) is 0. The van der Waals surface area contributed by atoms with E-state index in [2.05, 4.69) is 29.2 Å². The molecular weight excluding hydrogens is 272 g/mol. The predicted molar refractivity (Wildman–Crippen MR) is 82.3 cm³/mol. The number of nitrogens with zero attached hydrogens (tertiary/aromatic N) is 2. The first kappa shape index (κ1) is 15.3. The average molecular weight is 294 g/mol. The van der Waals surface area contributed by atoms with Gasteiger partial charge in [0.25, 0.3) is 5.91 Å². The van der Waals surface area contributed by atoms with Gasteiger partial charge in [-0.15, -0.1) is 0 Å². The van der Waals surface area contributed by atoms with Crippen molar-refractivity contribution < 1.29 is 4.79 Å². The summed E-state index contributed by atoms with van der Waals surface area (Å²) in [6.45, 7) is 7.50. The zero-order chi connectivity index (χ0) is 14.6. The van der Waals surface area contributed by atoms with E-state index in [1.54, 1.807) is 6.07 Å². The highest BCUT2D eigenvalue weighted by Crippen LogP contribution is 2.30. The number of carbonyl (C=O) groups is 1. The number of nitrogen functional groups attached to an aromatic ring is 1. The Bertz CT molecular complexity index is 478. The highest BCUT2D eigenvalue weighted by molar-refractivity contribution is 8.00. The number of rotatable bonds is 3. The van der Waals surface area contributed by atoms with E-state index in [0.29, 0.717) is 10.4 Å². The summed E-state index contributed by atoms with van der Waals surface area (Å²) in [4.78, 5) is 18.2. The summed E-state index contributed by atoms with van der Waals surface area (Å²) in [5.41, 5.74) is 3.40. The third kappa shape index (κ3) is 4.19. The number of amides is 1. The highest BCUT2D eigenvalue weighted by Gasteiger charge is 2.23. The molecule has 0 aliphatic carbocycles. The van der Waals surface area contributed by atoms with Gasteiger partial charge in [-0.3, -0.25) is 15.1 Å². The molecule has 3 N–H and O–H groups in total. The fourth-order valence-electron chi connectivity index (χ4n) is 2.22. The van der Waals surface area contributed by atoms with Crippen LogP contribution in [0.5, 0.6) is 0 Å². The van der Waals surface area contributed by atoms with Gasteiger partial charge in [0.05, 0.1) is 5.69 Å². The van der Waals surface area contributed by atoms with Gasteiger partial charge in [0, 0.05) is 23.6 Å². The molecule has 6 heteroatoms. The normalized spacial score (nSPS) is 19.4. The lowest BCUT2D eigenvalue weighted by atomic mass is 10.1. The van der Waals surface area contributed by atoms with Crippen LogP contribution < -0.4 is 11.3 Å². The number of thioether (sulfide) groups is 1. The summed E-state index contributed by atoms with van der Waals surface area (Å²) in [6.07, 6.45) is 1.17. The second kappa shape index (κ2) is 6.56. The molecule has 0 spiro atoms. The van der Waals surface area contributed by atoms with Gasteiger partial charge in [-0.25, -0.2) is 10.8 Å². The van der Waals surface area contributed by atoms with Crippen LogP contribution in [0.4, 0.5) is 0 Å². The maximum atomic E-state index is 11.5. The summed E-state index contributed by atoms with van der Waals surface area (Å²) in [6, 6.07) is 5.48. The molecular formula is C14H22N4OS. The molecule has 0 unspecified atom stereocenters. The second-order valence-corrected chi connectivity index (χ2v) is 7.42. The van der Waals surface area contributed by atoms with Crippen LogP contribution in [-0.4, -0.2) is 39.4 Å². The van der Waals surface area contributed by atoms with Gasteiger partial charge in [-0.2, -0.15) is 11.8 Å². The van der Waals surface area contributed by atoms with E-state index in [1.165, 1.54) is 6.42 Å². The lowest BCUT2D eigenvalue weighted by molar-refractivity contribution is 0.0948. The Kier molecular flexibility index (Phi) is 5.01. The van der Waals surface area contributed by atoms with Gasteiger partial charge in [0.15, 0.2) is 0 Å². The van der Waals surface area contributed by atoms with E-state index >= 15 is 0 Å². The Balaban J connectivity index is 2.01. The number of hydrogen-bond acceptors (Lipinski definition) is 5. The smallest absolute Gasteiger partial charge is 0.283 e. The number of pyridine rings is 1. The predicted octanol–water partition coefficient (Wildman–Crippen LogP) is 1.40. The molecule has 1 amide bonds. The van der Waals surface area contributed by atoms with E-state index in [9.17, 15) is 4.79 Å². The molecule has 1 aromatic rings. The number of nitrogens with two attached hydrogens (primary N) is 1. The molecule has 0 aromatic carbocycles. The maximum Gasteiger partial charge on any atom is 0.283 e. The Morgan fingerprint density at radius 3 is 3.05 bits per heavy atom. The third-order valence-electron chi connectivity index (χ3n) is 3.49. The molecule has 1 aliphatic rings. The van der Waals surface area contributed by atoms with Crippen LogP contribution in [-0.2, 0) is 6.54 Å². The van der Waals surface area contributed by atoms with Gasteiger partial charge >= 0.3 is 0 Å². The first-order valence-corrected chi connectivity index (χ1v) is 7.82. The SMILES string of the molecule is CC1(C)CCN(Cc2cccc(C(=O)NN)n2)CCS1. The van der Waals surface area contributed by atoms with Crippen molar-refractivity contribution >= 4 is 17.7 Å². The lowest BCUT2D eigenvalue weighted by Crippen LogP contribution is -2.31. The molecule has 0 bridgehead atoms. The zero-order valence-corrected chi connectivity index (χ0v) is 12.9. The standard InChI is InChI=1S/C14H22N4OS/c1-14(2)6-7-18(8-9-20-14)10-11-4-3-5-12(16-11)13(19)17-15/h3-5H,6-10,15H2,1-2H3,(H,17,19). The zero-order valence-electron chi connectivity index (χ0n) is 12.1. The minimum Gasteiger partial charge on any atom is -0.297 e. The second-order valence-electron chi connectivity index (χ2n) is 5.62. The molecule has 1 aromatic heterocycles. The van der Waals surface area contributed by atoms with Crippen molar-refractivity contribution in [2.45, 2.75) is 31.6 Å². The van der Waals surface area contributed by atoms with Crippen LogP contribution in [0, 0.1) is 0 Å². The summed E-state index contributed by atoms with van der Waals surface area (Å²) in [7, 11) is 0. The summed E-state index contributed by atoms with van der Waals surface area (Å²) >= 11 is 2.02. The van der Waals surface area contributed by atoms with E-state index in [0.717, 1.165) is 31.1 Å². The molecule has 2 heterocycles. The Morgan fingerprint density at radius 2 is 2.30 bits per heavy atom. The number of aromatic nitrogens is 1. The molecule has 0 atom stereocenters. The van der Waals surface area contributed by atoms with E-state index in [-0.39, 0.29) is 5.91 Å². The molecule has 0 radical (unpaired) electrons. The Hall–Kier alpha value is -1.11. The minimum absolute atomic E-state index is 0.348. The first-order valence-electron chi connectivity index (χ1n) is 6.83. The first-order chi connectivity index (χ1) is 9.50. The molecule has 5 nitrogen and oxygen atoms in total. The topological polar surface area (TPSA) is 71.2 Å². The number of nitrogens with one attached hydrogen (secondary N) is 1. The molecule has 1 aliphatic heterocycles. The average Bonchev–Trinajstić information content (AvgIpc) is 2.60. The number of hydrogen-bond donors (Lipinski definition) is 2. The van der Waals surface area contributed by atoms with Crippen molar-refractivity contribution in [3.05, 3.63) is 29.6 Å². The van der Waals surface area contributed by atoms with Crippen molar-refractivity contribution in [3.63, 3.8) is 0 Å². The molecule has 0 saturated carbocycles. The van der Waals surface area contributed by atoms with Gasteiger partial charge in [0.1, 0.15) is 5.69 Å². The van der Waals surface area contributed by atoms with Gasteiger partial charge in [0.2, 0.25) is 0 Å². The lowest BCUT2D eigenvalue weighted by Gasteiger charge is -2.22. The monoisotopic (exact) mass is 294 g/mol. The largest absolute Gasteiger partial charge is 0.297 e. The van der Waals surface area contributed by atoms with Gasteiger partial charge in [-0.05, 0) is 25.1 Å². The summed E-state index contributed by atoms with van der Waals surface area (Å²) in [5.74, 6) is 5.92. The summed E-state index contributed by atoms with van der Waals surface area (Å²) < 4.78 is 0.351. The highest BCUT2D eigenvalue weighted by atomic mass is 32.2. The van der Waals surface area contributed by atoms with Crippen LogP contribution in [0.15, 0.2) is 18.2 Å². The van der Waals surface area contributed by atoms with Crippen LogP contribution in [0.1, 0.15) is 36.5 Å². The van der Waals surface area contributed by atoms with Crippen LogP contribution in [0.3, 0.4) is 0 Å². The molecule has 20 heavy (non-hydrogen) atoms. The van der Waals surface area contributed by atoms with Crippen molar-refractivity contribution in [1.82, 2.24) is 15.3 Å². The quantitative estimate of drug-likeness (QED) is 0.501. The van der Waals surface area contributed by atoms with Crippen molar-refractivity contribution in [1.29, 1.82) is 0 Å². The molecule has 1 saturated heterocycles. The van der Waals surface area contributed by atoms with Crippen LogP contribution in [0.2, 0.25) is 0 Å².